The Labute approximate surface area is 176 Å². The third kappa shape index (κ3) is 2.65. The summed E-state index contributed by atoms with van der Waals surface area (Å²) in [7, 11) is 1.59. The summed E-state index contributed by atoms with van der Waals surface area (Å²) in [6.45, 7) is 0.890. The lowest BCUT2D eigenvalue weighted by Crippen LogP contribution is -2.47. The highest BCUT2D eigenvalue weighted by atomic mass is 35.5. The highest BCUT2D eigenvalue weighted by molar-refractivity contribution is 7.80. The number of halogens is 1. The summed E-state index contributed by atoms with van der Waals surface area (Å²) < 4.78 is 18.3. The maximum Gasteiger partial charge on any atom is 0.265 e. The van der Waals surface area contributed by atoms with Crippen LogP contribution in [-0.2, 0) is 16.9 Å². The van der Waals surface area contributed by atoms with Gasteiger partial charge in [0.05, 0.1) is 23.7 Å². The molecule has 1 aromatic carbocycles. The number of rotatable bonds is 3. The molecule has 3 aromatic rings. The van der Waals surface area contributed by atoms with E-state index in [4.69, 9.17) is 38.0 Å². The van der Waals surface area contributed by atoms with Crippen molar-refractivity contribution in [2.24, 2.45) is 0 Å². The molecule has 2 aliphatic rings. The third-order valence-corrected chi connectivity index (χ3v) is 6.43. The van der Waals surface area contributed by atoms with E-state index >= 15 is 0 Å². The van der Waals surface area contributed by atoms with E-state index in [1.54, 1.807) is 13.2 Å². The van der Waals surface area contributed by atoms with Gasteiger partial charge in [0.25, 0.3) is 5.17 Å². The van der Waals surface area contributed by atoms with Crippen molar-refractivity contribution in [1.29, 1.82) is 0 Å². The van der Waals surface area contributed by atoms with E-state index in [1.807, 2.05) is 47.4 Å². The maximum absolute atomic E-state index is 6.36. The fourth-order valence-electron chi connectivity index (χ4n) is 3.63. The molecule has 5 nitrogen and oxygen atoms in total. The highest BCUT2D eigenvalue weighted by Gasteiger charge is 2.52. The maximum atomic E-state index is 6.36. The van der Waals surface area contributed by atoms with Gasteiger partial charge in [-0.15, -0.1) is 11.3 Å². The summed E-state index contributed by atoms with van der Waals surface area (Å²) in [5.74, 6) is 1.18. The Kier molecular flexibility index (Phi) is 4.19. The average molecular weight is 431 g/mol. The van der Waals surface area contributed by atoms with E-state index in [0.29, 0.717) is 35.6 Å². The Bertz CT molecular complexity index is 1090. The van der Waals surface area contributed by atoms with E-state index in [0.717, 1.165) is 20.5 Å². The number of methoxy groups -OCH3 is 1. The first-order valence-electron chi connectivity index (χ1n) is 8.63. The molecule has 1 unspecified atom stereocenters. The van der Waals surface area contributed by atoms with Crippen LogP contribution in [0, 0.1) is 0 Å². The van der Waals surface area contributed by atoms with Crippen molar-refractivity contribution in [3.05, 3.63) is 69.0 Å². The van der Waals surface area contributed by atoms with Gasteiger partial charge in [0, 0.05) is 16.5 Å². The van der Waals surface area contributed by atoms with Crippen molar-refractivity contribution in [2.75, 3.05) is 18.6 Å². The topological polar surface area (TPSA) is 43.8 Å². The number of ether oxygens (including phenoxy) is 3. The van der Waals surface area contributed by atoms with Gasteiger partial charge in [0.2, 0.25) is 11.5 Å². The fraction of sp³-hybridized carbons (Fsp3) is 0.200. The molecule has 8 heteroatoms. The molecule has 0 N–H and O–H groups in total. The first kappa shape index (κ1) is 17.7. The lowest BCUT2D eigenvalue weighted by atomic mass is 9.88. The molecule has 2 aliphatic heterocycles. The van der Waals surface area contributed by atoms with Crippen LogP contribution in [0.5, 0.6) is 11.6 Å². The minimum Gasteiger partial charge on any atom is -0.486 e. The van der Waals surface area contributed by atoms with Crippen LogP contribution >= 0.6 is 35.2 Å². The van der Waals surface area contributed by atoms with Crippen LogP contribution in [0.3, 0.4) is 0 Å². The summed E-state index contributed by atoms with van der Waals surface area (Å²) in [4.78, 5) is 7.71. The van der Waals surface area contributed by atoms with Gasteiger partial charge in [-0.3, -0.25) is 4.90 Å². The number of anilines is 1. The molecule has 4 heterocycles. The van der Waals surface area contributed by atoms with E-state index in [9.17, 15) is 0 Å². The summed E-state index contributed by atoms with van der Waals surface area (Å²) in [5, 5.41) is 0.379. The largest absolute Gasteiger partial charge is 0.486 e. The number of benzene rings is 1. The fourth-order valence-corrected chi connectivity index (χ4v) is 5.01. The number of hydrogen-bond acceptors (Lipinski definition) is 6. The van der Waals surface area contributed by atoms with E-state index in [-0.39, 0.29) is 0 Å². The van der Waals surface area contributed by atoms with Crippen molar-refractivity contribution in [3.8, 4) is 11.6 Å². The quantitative estimate of drug-likeness (QED) is 0.558. The van der Waals surface area contributed by atoms with E-state index < -0.39 is 5.60 Å². The predicted octanol–water partition coefficient (Wildman–Crippen LogP) is 4.76. The molecule has 142 valence electrons. The second kappa shape index (κ2) is 6.62. The third-order valence-electron chi connectivity index (χ3n) is 4.91. The van der Waals surface area contributed by atoms with Gasteiger partial charge < -0.3 is 14.2 Å². The first-order valence-corrected chi connectivity index (χ1v) is 10.2. The minimum atomic E-state index is -0.888. The standard InChI is InChI=1S/C20H15ClN2O3S2/c1-24-17-9-7-15-18(22-17)20(11-25-15)13-4-2-3-5-14(13)23(19(27)26-20)10-12-6-8-16(21)28-12/h2-9H,10-11H2,1H3. The second-order valence-electron chi connectivity index (χ2n) is 6.49. The van der Waals surface area contributed by atoms with Crippen LogP contribution in [-0.4, -0.2) is 23.9 Å². The number of pyridine rings is 1. The normalized spacial score (nSPS) is 19.8. The number of fused-ring (bicyclic) bond motifs is 4. The summed E-state index contributed by atoms with van der Waals surface area (Å²) in [6, 6.07) is 15.6. The van der Waals surface area contributed by atoms with Gasteiger partial charge in [-0.05, 0) is 36.5 Å². The Hall–Kier alpha value is -2.35. The molecule has 0 bridgehead atoms. The predicted molar refractivity (Wildman–Crippen MR) is 113 cm³/mol. The molecule has 0 saturated carbocycles. The highest BCUT2D eigenvalue weighted by Crippen LogP contribution is 2.50. The van der Waals surface area contributed by atoms with Gasteiger partial charge in [0.1, 0.15) is 18.1 Å². The Morgan fingerprint density at radius 2 is 2.11 bits per heavy atom. The number of para-hydroxylation sites is 1. The molecule has 5 rings (SSSR count). The molecule has 1 atom stereocenters. The summed E-state index contributed by atoms with van der Waals surface area (Å²) >= 11 is 13.3. The molecule has 0 aliphatic carbocycles. The number of hydrogen-bond donors (Lipinski definition) is 0. The minimum absolute atomic E-state index is 0.304. The number of aromatic nitrogens is 1. The summed E-state index contributed by atoms with van der Waals surface area (Å²) in [5.41, 5.74) is 1.73. The van der Waals surface area contributed by atoms with Gasteiger partial charge in [-0.2, -0.15) is 0 Å². The van der Waals surface area contributed by atoms with Crippen molar-refractivity contribution in [3.63, 3.8) is 0 Å². The van der Waals surface area contributed by atoms with Crippen LogP contribution in [0.1, 0.15) is 16.1 Å². The Balaban J connectivity index is 1.63. The zero-order chi connectivity index (χ0) is 19.3. The van der Waals surface area contributed by atoms with Gasteiger partial charge in [-0.1, -0.05) is 29.8 Å². The number of thiocarbonyl (C=S) groups is 1. The van der Waals surface area contributed by atoms with Crippen molar-refractivity contribution >= 4 is 46.0 Å². The molecule has 0 saturated heterocycles. The molecular weight excluding hydrogens is 416 g/mol. The van der Waals surface area contributed by atoms with Crippen molar-refractivity contribution < 1.29 is 14.2 Å². The second-order valence-corrected chi connectivity index (χ2v) is 8.64. The van der Waals surface area contributed by atoms with Crippen LogP contribution < -0.4 is 14.4 Å². The van der Waals surface area contributed by atoms with Gasteiger partial charge in [-0.25, -0.2) is 4.98 Å². The molecule has 0 fully saturated rings. The van der Waals surface area contributed by atoms with Gasteiger partial charge >= 0.3 is 0 Å². The molecular formula is C20H15ClN2O3S2. The zero-order valence-corrected chi connectivity index (χ0v) is 17.2. The lowest BCUT2D eigenvalue weighted by Gasteiger charge is -2.40. The van der Waals surface area contributed by atoms with Crippen LogP contribution in [0.4, 0.5) is 5.69 Å². The Morgan fingerprint density at radius 3 is 2.89 bits per heavy atom. The molecule has 0 radical (unpaired) electrons. The number of thiophene rings is 1. The van der Waals surface area contributed by atoms with Crippen molar-refractivity contribution in [2.45, 2.75) is 12.1 Å². The SMILES string of the molecule is COc1ccc2c(n1)C1(CO2)OC(=S)N(Cc2ccc(Cl)s2)c2ccccc21. The molecule has 0 amide bonds. The van der Waals surface area contributed by atoms with Crippen molar-refractivity contribution in [1.82, 2.24) is 4.98 Å². The smallest absolute Gasteiger partial charge is 0.265 e. The molecule has 28 heavy (non-hydrogen) atoms. The molecule has 1 spiro atoms. The number of nitrogens with zero attached hydrogens (tertiary/aromatic N) is 2. The average Bonchev–Trinajstić information content (AvgIpc) is 3.29. The Morgan fingerprint density at radius 1 is 1.25 bits per heavy atom. The zero-order valence-electron chi connectivity index (χ0n) is 14.8. The molecule has 2 aromatic heterocycles. The van der Waals surface area contributed by atoms with Gasteiger partial charge in [0.15, 0.2) is 0 Å². The first-order chi connectivity index (χ1) is 13.6. The monoisotopic (exact) mass is 430 g/mol. The van der Waals surface area contributed by atoms with Crippen LogP contribution in [0.25, 0.3) is 0 Å². The van der Waals surface area contributed by atoms with Crippen LogP contribution in [0.15, 0.2) is 48.5 Å². The van der Waals surface area contributed by atoms with Crippen LogP contribution in [0.2, 0.25) is 4.34 Å². The van der Waals surface area contributed by atoms with E-state index in [1.165, 1.54) is 11.3 Å². The lowest BCUT2D eigenvalue weighted by molar-refractivity contribution is 0.0625. The van der Waals surface area contributed by atoms with E-state index in [2.05, 4.69) is 4.98 Å². The summed E-state index contributed by atoms with van der Waals surface area (Å²) in [6.07, 6.45) is 0.